The minimum atomic E-state index is -1.11. The predicted molar refractivity (Wildman–Crippen MR) is 81.2 cm³/mol. The summed E-state index contributed by atoms with van der Waals surface area (Å²) in [5.74, 6) is -0.569. The molecular weight excluding hydrogens is 314 g/mol. The zero-order valence-corrected chi connectivity index (χ0v) is 12.4. The summed E-state index contributed by atoms with van der Waals surface area (Å²) < 4.78 is 6.31. The van der Waals surface area contributed by atoms with Crippen LogP contribution in [0.5, 0.6) is 0 Å². The Morgan fingerprint density at radius 1 is 1.25 bits per heavy atom. The maximum Gasteiger partial charge on any atom is 0.407 e. The Hall–Kier alpha value is -3.49. The SMILES string of the molecule is O=C(NCc1nc2ncc(C(=O)O)cn2n1)OCc1ccccc1. The van der Waals surface area contributed by atoms with Crippen molar-refractivity contribution in [2.24, 2.45) is 0 Å². The van der Waals surface area contributed by atoms with Crippen LogP contribution < -0.4 is 5.32 Å². The molecule has 3 rings (SSSR count). The van der Waals surface area contributed by atoms with Gasteiger partial charge in [-0.1, -0.05) is 30.3 Å². The van der Waals surface area contributed by atoms with Gasteiger partial charge in [0, 0.05) is 12.4 Å². The second-order valence-electron chi connectivity index (χ2n) is 4.84. The first-order valence-electron chi connectivity index (χ1n) is 7.01. The standard InChI is InChI=1S/C15H13N5O4/c21-13(22)11-6-16-14-18-12(19-20(14)8-11)7-17-15(23)24-9-10-4-2-1-3-5-10/h1-6,8H,7,9H2,(H,17,23)(H,21,22). The van der Waals surface area contributed by atoms with E-state index in [9.17, 15) is 9.59 Å². The monoisotopic (exact) mass is 327 g/mol. The van der Waals surface area contributed by atoms with Crippen LogP contribution in [0.1, 0.15) is 21.7 Å². The summed E-state index contributed by atoms with van der Waals surface area (Å²) in [7, 11) is 0. The van der Waals surface area contributed by atoms with E-state index in [4.69, 9.17) is 9.84 Å². The number of aromatic nitrogens is 4. The Morgan fingerprint density at radius 2 is 2.04 bits per heavy atom. The third-order valence-electron chi connectivity index (χ3n) is 3.09. The lowest BCUT2D eigenvalue weighted by atomic mass is 10.2. The molecule has 0 bridgehead atoms. The lowest BCUT2D eigenvalue weighted by molar-refractivity contribution is 0.0695. The molecule has 1 aromatic carbocycles. The number of hydrogen-bond acceptors (Lipinski definition) is 6. The Morgan fingerprint density at radius 3 is 2.79 bits per heavy atom. The van der Waals surface area contributed by atoms with Gasteiger partial charge in [0.15, 0.2) is 5.82 Å². The molecule has 0 atom stereocenters. The molecule has 9 nitrogen and oxygen atoms in total. The van der Waals surface area contributed by atoms with Crippen LogP contribution >= 0.6 is 0 Å². The van der Waals surface area contributed by atoms with Gasteiger partial charge < -0.3 is 15.2 Å². The smallest absolute Gasteiger partial charge is 0.407 e. The summed E-state index contributed by atoms with van der Waals surface area (Å²) in [6.07, 6.45) is 1.89. The average Bonchev–Trinajstić information content (AvgIpc) is 3.01. The molecule has 0 unspecified atom stereocenters. The van der Waals surface area contributed by atoms with E-state index in [-0.39, 0.29) is 24.5 Å². The number of carboxylic acid groups (broad SMARTS) is 1. The lowest BCUT2D eigenvalue weighted by Gasteiger charge is -2.05. The maximum atomic E-state index is 11.7. The van der Waals surface area contributed by atoms with Crippen LogP contribution in [-0.4, -0.2) is 36.8 Å². The van der Waals surface area contributed by atoms with Gasteiger partial charge in [-0.25, -0.2) is 19.1 Å². The summed E-state index contributed by atoms with van der Waals surface area (Å²) >= 11 is 0. The van der Waals surface area contributed by atoms with Crippen molar-refractivity contribution in [3.8, 4) is 0 Å². The number of hydrogen-bond donors (Lipinski definition) is 2. The number of carboxylic acids is 1. The van der Waals surface area contributed by atoms with Gasteiger partial charge in [-0.2, -0.15) is 4.98 Å². The fourth-order valence-corrected chi connectivity index (χ4v) is 1.94. The highest BCUT2D eigenvalue weighted by Crippen LogP contribution is 2.03. The fraction of sp³-hybridized carbons (Fsp3) is 0.133. The van der Waals surface area contributed by atoms with Crippen molar-refractivity contribution < 1.29 is 19.4 Å². The Kier molecular flexibility index (Phi) is 4.32. The van der Waals surface area contributed by atoms with Crippen molar-refractivity contribution in [2.75, 3.05) is 0 Å². The number of nitrogens with zero attached hydrogens (tertiary/aromatic N) is 4. The molecule has 1 amide bonds. The molecule has 2 aromatic heterocycles. The van der Waals surface area contributed by atoms with Gasteiger partial charge in [-0.05, 0) is 5.56 Å². The average molecular weight is 327 g/mol. The Balaban J connectivity index is 1.57. The van der Waals surface area contributed by atoms with Crippen LogP contribution in [0, 0.1) is 0 Å². The summed E-state index contributed by atoms with van der Waals surface area (Å²) in [5, 5.41) is 15.5. The molecule has 122 valence electrons. The number of alkyl carbamates (subject to hydrolysis) is 1. The van der Waals surface area contributed by atoms with Gasteiger partial charge in [-0.3, -0.25) is 0 Å². The van der Waals surface area contributed by atoms with E-state index in [1.165, 1.54) is 16.9 Å². The lowest BCUT2D eigenvalue weighted by Crippen LogP contribution is -2.24. The molecule has 0 saturated heterocycles. The van der Waals surface area contributed by atoms with Crippen molar-refractivity contribution >= 4 is 17.8 Å². The molecule has 0 radical (unpaired) electrons. The van der Waals surface area contributed by atoms with Crippen molar-refractivity contribution in [1.82, 2.24) is 24.9 Å². The van der Waals surface area contributed by atoms with E-state index in [1.54, 1.807) is 0 Å². The molecule has 0 fully saturated rings. The van der Waals surface area contributed by atoms with Crippen LogP contribution in [0.25, 0.3) is 5.78 Å². The maximum absolute atomic E-state index is 11.7. The molecule has 0 saturated carbocycles. The van der Waals surface area contributed by atoms with Crippen LogP contribution in [0.2, 0.25) is 0 Å². The van der Waals surface area contributed by atoms with Crippen molar-refractivity contribution in [3.05, 3.63) is 59.7 Å². The molecule has 2 N–H and O–H groups in total. The first-order chi connectivity index (χ1) is 11.6. The van der Waals surface area contributed by atoms with Crippen LogP contribution in [0.3, 0.4) is 0 Å². The molecule has 3 aromatic rings. The van der Waals surface area contributed by atoms with E-state index < -0.39 is 12.1 Å². The number of fused-ring (bicyclic) bond motifs is 1. The number of aromatic carboxylic acids is 1. The normalized spacial score (nSPS) is 10.5. The van der Waals surface area contributed by atoms with Gasteiger partial charge >= 0.3 is 12.1 Å². The van der Waals surface area contributed by atoms with E-state index in [0.29, 0.717) is 5.82 Å². The van der Waals surface area contributed by atoms with Crippen molar-refractivity contribution in [3.63, 3.8) is 0 Å². The first kappa shape index (κ1) is 15.4. The minimum absolute atomic E-state index is 0.00539. The fourth-order valence-electron chi connectivity index (χ4n) is 1.94. The molecule has 2 heterocycles. The summed E-state index contributed by atoms with van der Waals surface area (Å²) in [6, 6.07) is 9.29. The minimum Gasteiger partial charge on any atom is -0.478 e. The van der Waals surface area contributed by atoms with Gasteiger partial charge in [0.05, 0.1) is 12.1 Å². The van der Waals surface area contributed by atoms with Gasteiger partial charge in [-0.15, -0.1) is 5.10 Å². The molecule has 0 aliphatic rings. The van der Waals surface area contributed by atoms with Crippen molar-refractivity contribution in [2.45, 2.75) is 13.2 Å². The largest absolute Gasteiger partial charge is 0.478 e. The highest BCUT2D eigenvalue weighted by Gasteiger charge is 2.10. The van der Waals surface area contributed by atoms with Gasteiger partial charge in [0.25, 0.3) is 5.78 Å². The highest BCUT2D eigenvalue weighted by atomic mass is 16.5. The number of ether oxygens (including phenoxy) is 1. The first-order valence-corrected chi connectivity index (χ1v) is 7.01. The predicted octanol–water partition coefficient (Wildman–Crippen LogP) is 1.25. The third kappa shape index (κ3) is 3.64. The van der Waals surface area contributed by atoms with Gasteiger partial charge in [0.1, 0.15) is 6.61 Å². The molecule has 0 spiro atoms. The number of nitrogens with one attached hydrogen (secondary N) is 1. The van der Waals surface area contributed by atoms with E-state index in [0.717, 1.165) is 5.56 Å². The number of amides is 1. The zero-order valence-electron chi connectivity index (χ0n) is 12.4. The second kappa shape index (κ2) is 6.73. The number of carbonyl (C=O) groups is 2. The molecule has 0 aliphatic heterocycles. The van der Waals surface area contributed by atoms with Crippen LogP contribution in [0.15, 0.2) is 42.7 Å². The van der Waals surface area contributed by atoms with Crippen LogP contribution in [0.4, 0.5) is 4.79 Å². The molecule has 24 heavy (non-hydrogen) atoms. The van der Waals surface area contributed by atoms with E-state index >= 15 is 0 Å². The molecule has 9 heteroatoms. The number of benzene rings is 1. The van der Waals surface area contributed by atoms with Gasteiger partial charge in [0.2, 0.25) is 0 Å². The van der Waals surface area contributed by atoms with E-state index in [1.807, 2.05) is 30.3 Å². The van der Waals surface area contributed by atoms with Crippen LogP contribution in [-0.2, 0) is 17.9 Å². The van der Waals surface area contributed by atoms with Crippen molar-refractivity contribution in [1.29, 1.82) is 0 Å². The summed E-state index contributed by atoms with van der Waals surface area (Å²) in [6.45, 7) is 0.203. The molecule has 0 aliphatic carbocycles. The Bertz CT molecular complexity index is 878. The summed E-state index contributed by atoms with van der Waals surface area (Å²) in [4.78, 5) is 30.5. The number of carbonyl (C=O) groups excluding carboxylic acids is 1. The topological polar surface area (TPSA) is 119 Å². The highest BCUT2D eigenvalue weighted by molar-refractivity contribution is 5.86. The third-order valence-corrected chi connectivity index (χ3v) is 3.09. The van der Waals surface area contributed by atoms with E-state index in [2.05, 4.69) is 20.4 Å². The number of rotatable bonds is 5. The molecular formula is C15H13N5O4. The zero-order chi connectivity index (χ0) is 16.9. The Labute approximate surface area is 135 Å². The quantitative estimate of drug-likeness (QED) is 0.723. The summed E-state index contributed by atoms with van der Waals surface area (Å²) in [5.41, 5.74) is 0.873. The second-order valence-corrected chi connectivity index (χ2v) is 4.84.